The van der Waals surface area contributed by atoms with E-state index in [2.05, 4.69) is 10.3 Å². The average Bonchev–Trinajstić information content (AvgIpc) is 2.74. The zero-order valence-electron chi connectivity index (χ0n) is 8.98. The van der Waals surface area contributed by atoms with Gasteiger partial charge < -0.3 is 5.11 Å². The molecule has 0 fully saturated rings. The lowest BCUT2D eigenvalue weighted by atomic mass is 10.1. The molecule has 0 spiro atoms. The van der Waals surface area contributed by atoms with E-state index in [9.17, 15) is 0 Å². The van der Waals surface area contributed by atoms with Crippen LogP contribution in [0.3, 0.4) is 0 Å². The summed E-state index contributed by atoms with van der Waals surface area (Å²) in [6.07, 6.45) is 2.27. The lowest BCUT2D eigenvalue weighted by Crippen LogP contribution is -2.04. The molecule has 0 unspecified atom stereocenters. The molecular formula is C11H11Cl2N3O. The molecule has 1 heterocycles. The lowest BCUT2D eigenvalue weighted by Gasteiger charge is -2.07. The highest BCUT2D eigenvalue weighted by molar-refractivity contribution is 6.36. The summed E-state index contributed by atoms with van der Waals surface area (Å²) in [7, 11) is 0. The first-order valence-electron chi connectivity index (χ1n) is 5.17. The predicted octanol–water partition coefficient (Wildman–Crippen LogP) is 2.63. The van der Waals surface area contributed by atoms with Crippen LogP contribution >= 0.6 is 23.2 Å². The van der Waals surface area contributed by atoms with Crippen molar-refractivity contribution in [1.82, 2.24) is 15.0 Å². The summed E-state index contributed by atoms with van der Waals surface area (Å²) in [5.74, 6) is 0. The molecule has 0 bridgehead atoms. The van der Waals surface area contributed by atoms with Gasteiger partial charge in [-0.1, -0.05) is 28.4 Å². The highest BCUT2D eigenvalue weighted by atomic mass is 35.5. The summed E-state index contributed by atoms with van der Waals surface area (Å²) in [4.78, 5) is 0. The summed E-state index contributed by atoms with van der Waals surface area (Å²) in [5, 5.41) is 17.8. The zero-order valence-corrected chi connectivity index (χ0v) is 10.5. The Labute approximate surface area is 109 Å². The van der Waals surface area contributed by atoms with Crippen LogP contribution in [0.1, 0.15) is 6.42 Å². The first-order chi connectivity index (χ1) is 8.22. The van der Waals surface area contributed by atoms with Crippen LogP contribution in [0.25, 0.3) is 11.3 Å². The van der Waals surface area contributed by atoms with Crippen LogP contribution in [-0.4, -0.2) is 26.7 Å². The minimum atomic E-state index is 0.119. The van der Waals surface area contributed by atoms with E-state index in [0.717, 1.165) is 11.3 Å². The number of rotatable bonds is 4. The van der Waals surface area contributed by atoms with Gasteiger partial charge in [0.25, 0.3) is 0 Å². The normalized spacial score (nSPS) is 10.8. The smallest absolute Gasteiger partial charge is 0.0900 e. The molecule has 0 atom stereocenters. The predicted molar refractivity (Wildman–Crippen MR) is 67.2 cm³/mol. The van der Waals surface area contributed by atoms with E-state index in [4.69, 9.17) is 28.3 Å². The van der Waals surface area contributed by atoms with Crippen molar-refractivity contribution in [3.05, 3.63) is 34.4 Å². The Morgan fingerprint density at radius 2 is 2.12 bits per heavy atom. The molecule has 2 rings (SSSR count). The lowest BCUT2D eigenvalue weighted by molar-refractivity contribution is 0.276. The number of nitrogens with zero attached hydrogens (tertiary/aromatic N) is 3. The molecular weight excluding hydrogens is 261 g/mol. The van der Waals surface area contributed by atoms with E-state index < -0.39 is 0 Å². The molecule has 0 radical (unpaired) electrons. The highest BCUT2D eigenvalue weighted by Crippen LogP contribution is 2.29. The number of hydrogen-bond acceptors (Lipinski definition) is 3. The quantitative estimate of drug-likeness (QED) is 0.930. The van der Waals surface area contributed by atoms with Crippen molar-refractivity contribution in [2.24, 2.45) is 0 Å². The standard InChI is InChI=1S/C11H11Cl2N3O/c12-8-2-3-9(10(13)6-8)11-7-14-15-16(11)4-1-5-17/h2-3,6-7,17H,1,4-5H2. The Morgan fingerprint density at radius 3 is 2.82 bits per heavy atom. The van der Waals surface area contributed by atoms with E-state index in [0.29, 0.717) is 23.0 Å². The average molecular weight is 272 g/mol. The molecule has 0 aliphatic carbocycles. The van der Waals surface area contributed by atoms with E-state index in [1.54, 1.807) is 23.0 Å². The molecule has 6 heteroatoms. The van der Waals surface area contributed by atoms with Gasteiger partial charge in [0.2, 0.25) is 0 Å². The molecule has 0 saturated carbocycles. The van der Waals surface area contributed by atoms with Gasteiger partial charge in [0.05, 0.1) is 16.9 Å². The molecule has 1 N–H and O–H groups in total. The Morgan fingerprint density at radius 1 is 1.29 bits per heavy atom. The fourth-order valence-electron chi connectivity index (χ4n) is 1.55. The fourth-order valence-corrected chi connectivity index (χ4v) is 2.05. The number of benzene rings is 1. The van der Waals surface area contributed by atoms with Gasteiger partial charge in [0.1, 0.15) is 0 Å². The topological polar surface area (TPSA) is 50.9 Å². The second-order valence-corrected chi connectivity index (χ2v) is 4.39. The number of aliphatic hydroxyl groups excluding tert-OH is 1. The number of hydrogen-bond donors (Lipinski definition) is 1. The zero-order chi connectivity index (χ0) is 12.3. The molecule has 90 valence electrons. The molecule has 2 aromatic rings. The van der Waals surface area contributed by atoms with E-state index in [1.807, 2.05) is 6.07 Å². The van der Waals surface area contributed by atoms with E-state index in [-0.39, 0.29) is 6.61 Å². The minimum absolute atomic E-state index is 0.119. The van der Waals surface area contributed by atoms with Gasteiger partial charge in [-0.15, -0.1) is 5.10 Å². The molecule has 17 heavy (non-hydrogen) atoms. The number of aliphatic hydroxyl groups is 1. The highest BCUT2D eigenvalue weighted by Gasteiger charge is 2.10. The third-order valence-electron chi connectivity index (χ3n) is 2.35. The Kier molecular flexibility index (Phi) is 3.99. The van der Waals surface area contributed by atoms with Crippen molar-refractivity contribution in [2.75, 3.05) is 6.61 Å². The van der Waals surface area contributed by atoms with Crippen LogP contribution in [0.4, 0.5) is 0 Å². The van der Waals surface area contributed by atoms with Crippen molar-refractivity contribution in [2.45, 2.75) is 13.0 Å². The van der Waals surface area contributed by atoms with Crippen molar-refractivity contribution in [1.29, 1.82) is 0 Å². The summed E-state index contributed by atoms with van der Waals surface area (Å²) >= 11 is 12.0. The van der Waals surface area contributed by atoms with Crippen molar-refractivity contribution >= 4 is 23.2 Å². The number of aromatic nitrogens is 3. The van der Waals surface area contributed by atoms with E-state index in [1.165, 1.54) is 0 Å². The summed E-state index contributed by atoms with van der Waals surface area (Å²) in [6, 6.07) is 5.28. The largest absolute Gasteiger partial charge is 0.396 e. The van der Waals surface area contributed by atoms with Crippen LogP contribution in [0, 0.1) is 0 Å². The second-order valence-electron chi connectivity index (χ2n) is 3.54. The SMILES string of the molecule is OCCCn1nncc1-c1ccc(Cl)cc1Cl. The molecule has 0 amide bonds. The summed E-state index contributed by atoms with van der Waals surface area (Å²) < 4.78 is 1.71. The third-order valence-corrected chi connectivity index (χ3v) is 2.90. The maximum absolute atomic E-state index is 8.81. The molecule has 0 aliphatic heterocycles. The second kappa shape index (κ2) is 5.49. The summed E-state index contributed by atoms with van der Waals surface area (Å²) in [5.41, 5.74) is 1.65. The van der Waals surface area contributed by atoms with Crippen LogP contribution < -0.4 is 0 Å². The van der Waals surface area contributed by atoms with Gasteiger partial charge in [-0.2, -0.15) is 0 Å². The first kappa shape index (κ1) is 12.4. The maximum atomic E-state index is 8.81. The summed E-state index contributed by atoms with van der Waals surface area (Å²) in [6.45, 7) is 0.721. The number of halogens is 2. The van der Waals surface area contributed by atoms with Crippen molar-refractivity contribution in [3.63, 3.8) is 0 Å². The molecule has 0 saturated heterocycles. The van der Waals surface area contributed by atoms with Gasteiger partial charge in [0.15, 0.2) is 0 Å². The van der Waals surface area contributed by atoms with Crippen molar-refractivity contribution < 1.29 is 5.11 Å². The minimum Gasteiger partial charge on any atom is -0.396 e. The Hall–Kier alpha value is -1.10. The van der Waals surface area contributed by atoms with E-state index >= 15 is 0 Å². The Bertz CT molecular complexity index is 513. The molecule has 1 aromatic heterocycles. The van der Waals surface area contributed by atoms with Gasteiger partial charge in [-0.25, -0.2) is 4.68 Å². The number of aryl methyl sites for hydroxylation is 1. The van der Waals surface area contributed by atoms with Gasteiger partial charge in [-0.05, 0) is 24.6 Å². The molecule has 0 aliphatic rings. The van der Waals surface area contributed by atoms with Crippen LogP contribution in [0.5, 0.6) is 0 Å². The van der Waals surface area contributed by atoms with Crippen LogP contribution in [-0.2, 0) is 6.54 Å². The molecule has 1 aromatic carbocycles. The fraction of sp³-hybridized carbons (Fsp3) is 0.273. The Balaban J connectivity index is 2.35. The van der Waals surface area contributed by atoms with Crippen LogP contribution in [0.15, 0.2) is 24.4 Å². The third kappa shape index (κ3) is 2.77. The van der Waals surface area contributed by atoms with Gasteiger partial charge in [-0.3, -0.25) is 0 Å². The first-order valence-corrected chi connectivity index (χ1v) is 5.92. The van der Waals surface area contributed by atoms with Gasteiger partial charge >= 0.3 is 0 Å². The van der Waals surface area contributed by atoms with Crippen molar-refractivity contribution in [3.8, 4) is 11.3 Å². The monoisotopic (exact) mass is 271 g/mol. The maximum Gasteiger partial charge on any atom is 0.0900 e. The molecule has 4 nitrogen and oxygen atoms in total. The van der Waals surface area contributed by atoms with Crippen LogP contribution in [0.2, 0.25) is 10.0 Å². The van der Waals surface area contributed by atoms with Gasteiger partial charge in [0, 0.05) is 23.7 Å².